The van der Waals surface area contributed by atoms with Crippen molar-refractivity contribution in [3.8, 4) is 0 Å². The summed E-state index contributed by atoms with van der Waals surface area (Å²) in [6.45, 7) is 7.07. The van der Waals surface area contributed by atoms with Crippen molar-refractivity contribution in [2.45, 2.75) is 45.2 Å². The number of fused-ring (bicyclic) bond motifs is 1. The number of carbonyl (C=O) groups is 2. The molecule has 0 bridgehead atoms. The molecule has 1 saturated heterocycles. The number of nitro benzene ring substituents is 1. The van der Waals surface area contributed by atoms with E-state index in [9.17, 15) is 19.7 Å². The van der Waals surface area contributed by atoms with Crippen molar-refractivity contribution in [1.82, 2.24) is 9.47 Å². The van der Waals surface area contributed by atoms with Gasteiger partial charge in [-0.2, -0.15) is 4.99 Å². The molecule has 10 heteroatoms. The highest BCUT2D eigenvalue weighted by atomic mass is 32.2. The van der Waals surface area contributed by atoms with Crippen LogP contribution in [0.4, 0.5) is 5.69 Å². The second kappa shape index (κ2) is 10.7. The van der Waals surface area contributed by atoms with E-state index >= 15 is 0 Å². The maximum atomic E-state index is 12.5. The number of thioether (sulfide) groups is 1. The summed E-state index contributed by atoms with van der Waals surface area (Å²) in [6, 6.07) is 4.89. The van der Waals surface area contributed by atoms with Crippen LogP contribution in [-0.2, 0) is 16.1 Å². The maximum Gasteiger partial charge on any atom is 0.270 e. The van der Waals surface area contributed by atoms with E-state index in [1.807, 2.05) is 9.47 Å². The number of rotatable bonds is 8. The van der Waals surface area contributed by atoms with Crippen molar-refractivity contribution in [1.29, 1.82) is 0 Å². The van der Waals surface area contributed by atoms with Gasteiger partial charge in [0, 0.05) is 31.3 Å². The lowest BCUT2D eigenvalue weighted by molar-refractivity contribution is -0.384. The van der Waals surface area contributed by atoms with Gasteiger partial charge < -0.3 is 9.47 Å². The van der Waals surface area contributed by atoms with Gasteiger partial charge in [0.1, 0.15) is 0 Å². The molecule has 1 unspecified atom stereocenters. The Morgan fingerprint density at radius 2 is 2.19 bits per heavy atom. The molecular formula is C21H26N4O4S2. The quantitative estimate of drug-likeness (QED) is 0.338. The third-order valence-electron chi connectivity index (χ3n) is 5.28. The number of carbonyl (C=O) groups excluding carboxylic acids is 2. The Kier molecular flexibility index (Phi) is 8.03. The zero-order valence-electron chi connectivity index (χ0n) is 17.5. The molecule has 166 valence electrons. The number of allylic oxidation sites excluding steroid dienone is 1. The van der Waals surface area contributed by atoms with Gasteiger partial charge in [-0.15, -0.1) is 18.3 Å². The summed E-state index contributed by atoms with van der Waals surface area (Å²) in [5, 5.41) is 11.0. The standard InChI is InChI=1S/C21H26N4O4S2/c1-3-10-24-17-9-8-16(25(28)29)12-18(17)31-21(24)22-19(26)13-30-14-20(27)23-11-6-5-7-15(23)4-2/h3,8-9,12,15H,1,4-7,10-11,13-14H2,2H3. The molecule has 2 amide bonds. The molecule has 2 aromatic rings. The lowest BCUT2D eigenvalue weighted by atomic mass is 10.0. The largest absolute Gasteiger partial charge is 0.339 e. The van der Waals surface area contributed by atoms with E-state index in [0.29, 0.717) is 22.1 Å². The average molecular weight is 463 g/mol. The molecule has 2 heterocycles. The lowest BCUT2D eigenvalue weighted by Crippen LogP contribution is -2.44. The van der Waals surface area contributed by atoms with Crippen LogP contribution in [0.5, 0.6) is 0 Å². The maximum absolute atomic E-state index is 12.5. The van der Waals surface area contributed by atoms with Gasteiger partial charge in [0.15, 0.2) is 4.80 Å². The van der Waals surface area contributed by atoms with Gasteiger partial charge >= 0.3 is 0 Å². The molecule has 0 aliphatic carbocycles. The third-order valence-corrected chi connectivity index (χ3v) is 7.22. The average Bonchev–Trinajstić information content (AvgIpc) is 3.09. The van der Waals surface area contributed by atoms with Gasteiger partial charge in [0.05, 0.1) is 26.6 Å². The van der Waals surface area contributed by atoms with Gasteiger partial charge in [0.2, 0.25) is 5.91 Å². The van der Waals surface area contributed by atoms with Gasteiger partial charge in [-0.3, -0.25) is 19.7 Å². The summed E-state index contributed by atoms with van der Waals surface area (Å²) in [4.78, 5) is 42.2. The summed E-state index contributed by atoms with van der Waals surface area (Å²) < 4.78 is 2.49. The SMILES string of the molecule is C=CCn1c(=NC(=O)CSCC(=O)N2CCCCC2CC)sc2cc([N+](=O)[O-])ccc21. The molecule has 0 N–H and O–H groups in total. The number of benzene rings is 1. The molecule has 1 aromatic heterocycles. The van der Waals surface area contributed by atoms with Crippen molar-refractivity contribution in [2.24, 2.45) is 4.99 Å². The van der Waals surface area contributed by atoms with Crippen molar-refractivity contribution < 1.29 is 14.5 Å². The van der Waals surface area contributed by atoms with Crippen LogP contribution in [0.15, 0.2) is 35.8 Å². The number of amides is 2. The Labute approximate surface area is 188 Å². The number of non-ortho nitro benzene ring substituents is 1. The van der Waals surface area contributed by atoms with E-state index in [1.54, 1.807) is 12.1 Å². The van der Waals surface area contributed by atoms with E-state index in [0.717, 1.165) is 37.7 Å². The van der Waals surface area contributed by atoms with Crippen LogP contribution < -0.4 is 4.80 Å². The van der Waals surface area contributed by atoms with E-state index in [4.69, 9.17) is 0 Å². The van der Waals surface area contributed by atoms with Crippen molar-refractivity contribution in [2.75, 3.05) is 18.1 Å². The summed E-state index contributed by atoms with van der Waals surface area (Å²) in [7, 11) is 0. The first-order valence-electron chi connectivity index (χ1n) is 10.3. The highest BCUT2D eigenvalue weighted by Crippen LogP contribution is 2.23. The van der Waals surface area contributed by atoms with Crippen LogP contribution in [-0.4, -0.2) is 50.3 Å². The third kappa shape index (κ3) is 5.62. The van der Waals surface area contributed by atoms with Gasteiger partial charge in [-0.05, 0) is 31.7 Å². The smallest absolute Gasteiger partial charge is 0.270 e. The minimum absolute atomic E-state index is 0.00505. The van der Waals surface area contributed by atoms with E-state index < -0.39 is 4.92 Å². The first-order valence-corrected chi connectivity index (χ1v) is 12.2. The zero-order valence-corrected chi connectivity index (χ0v) is 19.1. The Morgan fingerprint density at radius 1 is 1.39 bits per heavy atom. The number of hydrogen-bond acceptors (Lipinski definition) is 6. The molecule has 3 rings (SSSR count). The fourth-order valence-electron chi connectivity index (χ4n) is 3.77. The molecule has 0 saturated carbocycles. The van der Waals surface area contributed by atoms with E-state index in [1.165, 1.54) is 35.2 Å². The summed E-state index contributed by atoms with van der Waals surface area (Å²) in [6.07, 6.45) is 5.89. The van der Waals surface area contributed by atoms with Gasteiger partial charge in [-0.25, -0.2) is 0 Å². The second-order valence-electron chi connectivity index (χ2n) is 7.34. The first kappa shape index (κ1) is 23.2. The lowest BCUT2D eigenvalue weighted by Gasteiger charge is -2.35. The number of hydrogen-bond donors (Lipinski definition) is 0. The molecular weight excluding hydrogens is 436 g/mol. The van der Waals surface area contributed by atoms with Crippen LogP contribution in [0.2, 0.25) is 0 Å². The first-order chi connectivity index (χ1) is 14.9. The van der Waals surface area contributed by atoms with Crippen molar-refractivity contribution in [3.63, 3.8) is 0 Å². The highest BCUT2D eigenvalue weighted by molar-refractivity contribution is 8.00. The number of aromatic nitrogens is 1. The minimum atomic E-state index is -0.446. The zero-order chi connectivity index (χ0) is 22.4. The minimum Gasteiger partial charge on any atom is -0.339 e. The van der Waals surface area contributed by atoms with Crippen LogP contribution in [0.25, 0.3) is 10.2 Å². The molecule has 31 heavy (non-hydrogen) atoms. The number of nitrogens with zero attached hydrogens (tertiary/aromatic N) is 4. The molecule has 0 radical (unpaired) electrons. The molecule has 8 nitrogen and oxygen atoms in total. The monoisotopic (exact) mass is 462 g/mol. The number of thiazole rings is 1. The van der Waals surface area contributed by atoms with Crippen LogP contribution in [0.3, 0.4) is 0 Å². The van der Waals surface area contributed by atoms with Crippen LogP contribution >= 0.6 is 23.1 Å². The van der Waals surface area contributed by atoms with Gasteiger partial charge in [0.25, 0.3) is 11.6 Å². The molecule has 1 aliphatic heterocycles. The van der Waals surface area contributed by atoms with Crippen molar-refractivity contribution >= 4 is 50.8 Å². The topological polar surface area (TPSA) is 97.8 Å². The normalized spacial score (nSPS) is 17.1. The fourth-order valence-corrected chi connectivity index (χ4v) is 5.54. The van der Waals surface area contributed by atoms with Crippen LogP contribution in [0, 0.1) is 10.1 Å². The molecule has 1 aromatic carbocycles. The Morgan fingerprint density at radius 3 is 2.90 bits per heavy atom. The molecule has 1 aliphatic rings. The van der Waals surface area contributed by atoms with Gasteiger partial charge in [-0.1, -0.05) is 24.3 Å². The molecule has 1 fully saturated rings. The number of nitro groups is 1. The number of piperidine rings is 1. The predicted octanol–water partition coefficient (Wildman–Crippen LogP) is 3.75. The Bertz CT molecular complexity index is 1060. The van der Waals surface area contributed by atoms with Crippen molar-refractivity contribution in [3.05, 3.63) is 45.8 Å². The molecule has 1 atom stereocenters. The summed E-state index contributed by atoms with van der Waals surface area (Å²) in [5.41, 5.74) is 0.759. The molecule has 0 spiro atoms. The number of likely N-dealkylation sites (tertiary alicyclic amines) is 1. The summed E-state index contributed by atoms with van der Waals surface area (Å²) >= 11 is 2.51. The Hall–Kier alpha value is -2.46. The fraction of sp³-hybridized carbons (Fsp3) is 0.476. The summed E-state index contributed by atoms with van der Waals surface area (Å²) in [5.74, 6) is 0.129. The van der Waals surface area contributed by atoms with E-state index in [-0.39, 0.29) is 29.0 Å². The van der Waals surface area contributed by atoms with Crippen LogP contribution in [0.1, 0.15) is 32.6 Å². The predicted molar refractivity (Wildman–Crippen MR) is 124 cm³/mol. The second-order valence-corrected chi connectivity index (χ2v) is 9.33. The highest BCUT2D eigenvalue weighted by Gasteiger charge is 2.25. The van der Waals surface area contributed by atoms with E-state index in [2.05, 4.69) is 18.5 Å². The Balaban J connectivity index is 1.70.